The van der Waals surface area contributed by atoms with Gasteiger partial charge in [-0.1, -0.05) is 0 Å². The van der Waals surface area contributed by atoms with Gasteiger partial charge in [-0.2, -0.15) is 0 Å². The second-order valence-electron chi connectivity index (χ2n) is 5.38. The van der Waals surface area contributed by atoms with E-state index in [4.69, 9.17) is 9.47 Å². The molecule has 0 spiro atoms. The molecular weight excluding hydrogens is 242 g/mol. The Hall–Kier alpha value is -1.55. The van der Waals surface area contributed by atoms with Crippen molar-refractivity contribution in [3.63, 3.8) is 0 Å². The fourth-order valence-electron chi connectivity index (χ4n) is 2.90. The molecule has 2 atom stereocenters. The second kappa shape index (κ2) is 4.85. The lowest BCUT2D eigenvalue weighted by atomic mass is 10.1. The molecule has 2 aliphatic heterocycles. The van der Waals surface area contributed by atoms with Crippen LogP contribution in [0.1, 0.15) is 30.1 Å². The molecule has 3 rings (SSSR count). The summed E-state index contributed by atoms with van der Waals surface area (Å²) in [6.07, 6.45) is 2.41. The number of likely N-dealkylation sites (tertiary alicyclic amines) is 1. The van der Waals surface area contributed by atoms with Crippen LogP contribution in [0.3, 0.4) is 0 Å². The molecule has 1 fully saturated rings. The zero-order chi connectivity index (χ0) is 13.4. The van der Waals surface area contributed by atoms with E-state index in [-0.39, 0.29) is 11.9 Å². The van der Waals surface area contributed by atoms with Gasteiger partial charge in [-0.25, -0.2) is 0 Å². The molecule has 1 aromatic rings. The lowest BCUT2D eigenvalue weighted by molar-refractivity contribution is 0.0368. The molecule has 4 nitrogen and oxygen atoms in total. The van der Waals surface area contributed by atoms with Crippen LogP contribution in [-0.2, 0) is 0 Å². The highest BCUT2D eigenvalue weighted by atomic mass is 16.6. The van der Waals surface area contributed by atoms with Crippen molar-refractivity contribution in [1.82, 2.24) is 4.90 Å². The van der Waals surface area contributed by atoms with Gasteiger partial charge in [0.1, 0.15) is 12.7 Å². The summed E-state index contributed by atoms with van der Waals surface area (Å²) in [6, 6.07) is 5.81. The van der Waals surface area contributed by atoms with Crippen molar-refractivity contribution in [2.45, 2.75) is 31.9 Å². The van der Waals surface area contributed by atoms with Gasteiger partial charge in [-0.3, -0.25) is 9.69 Å². The highest BCUT2D eigenvalue weighted by Crippen LogP contribution is 2.35. The summed E-state index contributed by atoms with van der Waals surface area (Å²) in [6.45, 7) is 3.26. The smallest absolute Gasteiger partial charge is 0.162 e. The molecule has 19 heavy (non-hydrogen) atoms. The average molecular weight is 261 g/mol. The standard InChI is InChI=1S/C15H19NO3/c1-10(17)11-5-6-13-14(8-11)19-15(9-18-13)12-4-3-7-16(12)2/h5-6,8,12,15H,3-4,7,9H2,1-2H3/t12-,15-/m0/s1. The van der Waals surface area contributed by atoms with E-state index in [2.05, 4.69) is 11.9 Å². The number of hydrogen-bond donors (Lipinski definition) is 0. The SMILES string of the molecule is CC(=O)c1ccc2c(c1)O[C@H]([C@@H]1CCCN1C)CO2. The number of carbonyl (C=O) groups excluding carboxylic acids is 1. The molecule has 102 valence electrons. The van der Waals surface area contributed by atoms with Crippen LogP contribution in [-0.4, -0.2) is 43.0 Å². The number of ether oxygens (including phenoxy) is 2. The van der Waals surface area contributed by atoms with Gasteiger partial charge in [0.05, 0.1) is 0 Å². The maximum atomic E-state index is 11.4. The van der Waals surface area contributed by atoms with Gasteiger partial charge in [-0.05, 0) is 51.6 Å². The van der Waals surface area contributed by atoms with Crippen LogP contribution in [0.25, 0.3) is 0 Å². The van der Waals surface area contributed by atoms with Gasteiger partial charge in [0.15, 0.2) is 17.3 Å². The van der Waals surface area contributed by atoms with Crippen molar-refractivity contribution in [3.05, 3.63) is 23.8 Å². The summed E-state index contributed by atoms with van der Waals surface area (Å²) >= 11 is 0. The van der Waals surface area contributed by atoms with Crippen molar-refractivity contribution >= 4 is 5.78 Å². The third kappa shape index (κ3) is 2.32. The first-order valence-electron chi connectivity index (χ1n) is 6.80. The second-order valence-corrected chi connectivity index (χ2v) is 5.38. The van der Waals surface area contributed by atoms with E-state index in [1.807, 2.05) is 6.07 Å². The Labute approximate surface area is 113 Å². The summed E-state index contributed by atoms with van der Waals surface area (Å²) in [4.78, 5) is 13.7. The Morgan fingerprint density at radius 3 is 2.89 bits per heavy atom. The van der Waals surface area contributed by atoms with E-state index >= 15 is 0 Å². The van der Waals surface area contributed by atoms with E-state index in [1.165, 1.54) is 6.42 Å². The predicted molar refractivity (Wildman–Crippen MR) is 72.0 cm³/mol. The number of nitrogens with zero attached hydrogens (tertiary/aromatic N) is 1. The van der Waals surface area contributed by atoms with Gasteiger partial charge in [0.25, 0.3) is 0 Å². The molecule has 0 aromatic heterocycles. The molecule has 0 radical (unpaired) electrons. The number of hydrogen-bond acceptors (Lipinski definition) is 4. The largest absolute Gasteiger partial charge is 0.486 e. The molecule has 2 aliphatic rings. The van der Waals surface area contributed by atoms with E-state index in [1.54, 1.807) is 19.1 Å². The Balaban J connectivity index is 1.82. The maximum absolute atomic E-state index is 11.4. The fourth-order valence-corrected chi connectivity index (χ4v) is 2.90. The highest BCUT2D eigenvalue weighted by Gasteiger charge is 2.34. The molecule has 0 aliphatic carbocycles. The number of carbonyl (C=O) groups is 1. The zero-order valence-corrected chi connectivity index (χ0v) is 11.4. The van der Waals surface area contributed by atoms with Crippen LogP contribution in [0.5, 0.6) is 11.5 Å². The van der Waals surface area contributed by atoms with Crippen LogP contribution in [0, 0.1) is 0 Å². The fraction of sp³-hybridized carbons (Fsp3) is 0.533. The molecule has 4 heteroatoms. The van der Waals surface area contributed by atoms with E-state index in [9.17, 15) is 4.79 Å². The lowest BCUT2D eigenvalue weighted by Gasteiger charge is -2.33. The first kappa shape index (κ1) is 12.5. The summed E-state index contributed by atoms with van der Waals surface area (Å²) in [7, 11) is 2.13. The molecule has 0 N–H and O–H groups in total. The summed E-state index contributed by atoms with van der Waals surface area (Å²) < 4.78 is 11.8. The molecule has 0 saturated carbocycles. The Bertz CT molecular complexity index is 500. The van der Waals surface area contributed by atoms with E-state index in [0.29, 0.717) is 24.0 Å². The number of rotatable bonds is 2. The average Bonchev–Trinajstić information content (AvgIpc) is 2.83. The van der Waals surface area contributed by atoms with Gasteiger partial charge in [0.2, 0.25) is 0 Å². The van der Waals surface area contributed by atoms with Crippen molar-refractivity contribution in [2.75, 3.05) is 20.2 Å². The first-order chi connectivity index (χ1) is 9.15. The minimum Gasteiger partial charge on any atom is -0.486 e. The Morgan fingerprint density at radius 2 is 2.21 bits per heavy atom. The molecule has 0 unspecified atom stereocenters. The minimum atomic E-state index is 0.0477. The molecule has 0 bridgehead atoms. The van der Waals surface area contributed by atoms with Gasteiger partial charge in [-0.15, -0.1) is 0 Å². The van der Waals surface area contributed by atoms with Gasteiger partial charge < -0.3 is 9.47 Å². The van der Waals surface area contributed by atoms with Crippen LogP contribution < -0.4 is 9.47 Å². The molecule has 1 saturated heterocycles. The van der Waals surface area contributed by atoms with Crippen molar-refractivity contribution in [2.24, 2.45) is 0 Å². The van der Waals surface area contributed by atoms with Crippen LogP contribution in [0.15, 0.2) is 18.2 Å². The Morgan fingerprint density at radius 1 is 1.37 bits per heavy atom. The van der Waals surface area contributed by atoms with Crippen LogP contribution in [0.2, 0.25) is 0 Å². The predicted octanol–water partition coefficient (Wildman–Crippen LogP) is 2.12. The van der Waals surface area contributed by atoms with Gasteiger partial charge >= 0.3 is 0 Å². The van der Waals surface area contributed by atoms with Crippen LogP contribution in [0.4, 0.5) is 0 Å². The minimum absolute atomic E-state index is 0.0477. The number of Topliss-reactive ketones (excluding diaryl/α,β-unsaturated/α-hetero) is 1. The topological polar surface area (TPSA) is 38.8 Å². The van der Waals surface area contributed by atoms with Crippen molar-refractivity contribution in [3.8, 4) is 11.5 Å². The maximum Gasteiger partial charge on any atom is 0.162 e. The number of fused-ring (bicyclic) bond motifs is 1. The zero-order valence-electron chi connectivity index (χ0n) is 11.4. The molecular formula is C15H19NO3. The van der Waals surface area contributed by atoms with Crippen LogP contribution >= 0.6 is 0 Å². The summed E-state index contributed by atoms with van der Waals surface area (Å²) in [5.41, 5.74) is 0.669. The lowest BCUT2D eigenvalue weighted by Crippen LogP contribution is -2.45. The highest BCUT2D eigenvalue weighted by molar-refractivity contribution is 5.94. The van der Waals surface area contributed by atoms with E-state index < -0.39 is 0 Å². The van der Waals surface area contributed by atoms with Crippen molar-refractivity contribution < 1.29 is 14.3 Å². The third-order valence-corrected chi connectivity index (χ3v) is 4.04. The van der Waals surface area contributed by atoms with E-state index in [0.717, 1.165) is 18.7 Å². The molecule has 2 heterocycles. The van der Waals surface area contributed by atoms with Gasteiger partial charge in [0, 0.05) is 11.6 Å². The first-order valence-corrected chi connectivity index (χ1v) is 6.80. The van der Waals surface area contributed by atoms with Crippen molar-refractivity contribution in [1.29, 1.82) is 0 Å². The number of likely N-dealkylation sites (N-methyl/N-ethyl adjacent to an activating group) is 1. The molecule has 1 aromatic carbocycles. The number of ketones is 1. The molecule has 0 amide bonds. The third-order valence-electron chi connectivity index (χ3n) is 4.04. The monoisotopic (exact) mass is 261 g/mol. The summed E-state index contributed by atoms with van der Waals surface area (Å²) in [5.74, 6) is 1.48. The Kier molecular flexibility index (Phi) is 3.19. The number of benzene rings is 1. The summed E-state index contributed by atoms with van der Waals surface area (Å²) in [5, 5.41) is 0. The quantitative estimate of drug-likeness (QED) is 0.764. The normalized spacial score (nSPS) is 26.4.